The molecule has 0 bridgehead atoms. The molecule has 0 spiro atoms. The van der Waals surface area contributed by atoms with Gasteiger partial charge in [-0.15, -0.1) is 0 Å². The van der Waals surface area contributed by atoms with Gasteiger partial charge in [0.25, 0.3) is 5.56 Å². The molecule has 116 valence electrons. The third kappa shape index (κ3) is 3.81. The van der Waals surface area contributed by atoms with Gasteiger partial charge in [0.15, 0.2) is 0 Å². The molecular weight excluding hydrogens is 278 g/mol. The molecule has 2 aromatic heterocycles. The molecule has 2 heterocycles. The fourth-order valence-electron chi connectivity index (χ4n) is 2.34. The summed E-state index contributed by atoms with van der Waals surface area (Å²) in [6, 6.07) is 5.54. The summed E-state index contributed by atoms with van der Waals surface area (Å²) in [4.78, 5) is 30.8. The minimum atomic E-state index is -0.259. The van der Waals surface area contributed by atoms with E-state index in [2.05, 4.69) is 22.2 Å². The Labute approximate surface area is 129 Å². The number of hydrogen-bond donors (Lipinski definition) is 2. The first-order valence-corrected chi connectivity index (χ1v) is 7.62. The molecule has 0 aliphatic heterocycles. The van der Waals surface area contributed by atoms with Crippen LogP contribution in [0.4, 0.5) is 5.69 Å². The molecule has 5 heteroatoms. The summed E-state index contributed by atoms with van der Waals surface area (Å²) in [5.74, 6) is -0.142. The van der Waals surface area contributed by atoms with Gasteiger partial charge in [0.2, 0.25) is 5.91 Å². The molecule has 0 saturated carbocycles. The smallest absolute Gasteiger partial charge is 0.271 e. The standard InChI is InChI=1S/C17H21N3O2/c1-3-5-14-13(12-7-9-18-10-8-12)11-15(17(22)20-14)19-16(21)6-4-2/h7-11H,3-6H2,1-2H3,(H,19,21)(H,20,22). The number of rotatable bonds is 6. The van der Waals surface area contributed by atoms with Crippen LogP contribution in [0.3, 0.4) is 0 Å². The van der Waals surface area contributed by atoms with Crippen molar-refractivity contribution in [1.29, 1.82) is 0 Å². The molecule has 5 nitrogen and oxygen atoms in total. The predicted octanol–water partition coefficient (Wildman–Crippen LogP) is 3.13. The van der Waals surface area contributed by atoms with Crippen molar-refractivity contribution >= 4 is 11.6 Å². The highest BCUT2D eigenvalue weighted by atomic mass is 16.2. The first-order valence-electron chi connectivity index (χ1n) is 7.62. The number of nitrogens with one attached hydrogen (secondary N) is 2. The minimum absolute atomic E-state index is 0.142. The zero-order valence-corrected chi connectivity index (χ0v) is 13.0. The highest BCUT2D eigenvalue weighted by Gasteiger charge is 2.12. The summed E-state index contributed by atoms with van der Waals surface area (Å²) < 4.78 is 0. The molecule has 0 aliphatic carbocycles. The molecule has 0 atom stereocenters. The average molecular weight is 299 g/mol. The first-order chi connectivity index (χ1) is 10.7. The van der Waals surface area contributed by atoms with E-state index in [-0.39, 0.29) is 11.5 Å². The zero-order chi connectivity index (χ0) is 15.9. The monoisotopic (exact) mass is 299 g/mol. The van der Waals surface area contributed by atoms with E-state index in [9.17, 15) is 9.59 Å². The Bertz CT molecular complexity index is 693. The number of aromatic amines is 1. The number of pyridine rings is 2. The lowest BCUT2D eigenvalue weighted by Gasteiger charge is -2.12. The van der Waals surface area contributed by atoms with E-state index in [1.807, 2.05) is 19.1 Å². The Kier molecular flexibility index (Phi) is 5.47. The van der Waals surface area contributed by atoms with E-state index in [1.165, 1.54) is 0 Å². The van der Waals surface area contributed by atoms with Crippen LogP contribution >= 0.6 is 0 Å². The maximum Gasteiger partial charge on any atom is 0.271 e. The highest BCUT2D eigenvalue weighted by molar-refractivity contribution is 5.91. The summed E-state index contributed by atoms with van der Waals surface area (Å²) in [6.45, 7) is 3.99. The quantitative estimate of drug-likeness (QED) is 0.860. The molecule has 0 aromatic carbocycles. The van der Waals surface area contributed by atoms with E-state index in [4.69, 9.17) is 0 Å². The van der Waals surface area contributed by atoms with E-state index < -0.39 is 0 Å². The number of aryl methyl sites for hydroxylation is 1. The van der Waals surface area contributed by atoms with Crippen LogP contribution in [0, 0.1) is 0 Å². The van der Waals surface area contributed by atoms with Gasteiger partial charge in [0.05, 0.1) is 0 Å². The van der Waals surface area contributed by atoms with E-state index in [1.54, 1.807) is 18.5 Å². The number of anilines is 1. The topological polar surface area (TPSA) is 74.8 Å². The van der Waals surface area contributed by atoms with Gasteiger partial charge in [0, 0.05) is 30.1 Å². The minimum Gasteiger partial charge on any atom is -0.324 e. The molecule has 0 saturated heterocycles. The van der Waals surface area contributed by atoms with Crippen LogP contribution in [0.1, 0.15) is 38.8 Å². The van der Waals surface area contributed by atoms with Crippen molar-refractivity contribution in [2.24, 2.45) is 0 Å². The van der Waals surface area contributed by atoms with Crippen LogP contribution < -0.4 is 10.9 Å². The van der Waals surface area contributed by atoms with Crippen molar-refractivity contribution in [3.05, 3.63) is 46.6 Å². The van der Waals surface area contributed by atoms with Gasteiger partial charge in [-0.05, 0) is 36.6 Å². The molecule has 0 radical (unpaired) electrons. The number of carbonyl (C=O) groups excluding carboxylic acids is 1. The molecule has 22 heavy (non-hydrogen) atoms. The van der Waals surface area contributed by atoms with Crippen LogP contribution in [-0.2, 0) is 11.2 Å². The van der Waals surface area contributed by atoms with Gasteiger partial charge in [-0.3, -0.25) is 14.6 Å². The van der Waals surface area contributed by atoms with Gasteiger partial charge < -0.3 is 10.3 Å². The lowest BCUT2D eigenvalue weighted by Crippen LogP contribution is -2.21. The molecule has 0 unspecified atom stereocenters. The lowest BCUT2D eigenvalue weighted by atomic mass is 10.0. The number of hydrogen-bond acceptors (Lipinski definition) is 3. The summed E-state index contributed by atoms with van der Waals surface area (Å²) in [6.07, 6.45) is 6.28. The predicted molar refractivity (Wildman–Crippen MR) is 87.8 cm³/mol. The zero-order valence-electron chi connectivity index (χ0n) is 13.0. The Hall–Kier alpha value is -2.43. The van der Waals surface area contributed by atoms with Crippen molar-refractivity contribution in [2.45, 2.75) is 39.5 Å². The van der Waals surface area contributed by atoms with Gasteiger partial charge in [0.1, 0.15) is 5.69 Å². The highest BCUT2D eigenvalue weighted by Crippen LogP contribution is 2.24. The Morgan fingerprint density at radius 3 is 2.59 bits per heavy atom. The fraction of sp³-hybridized carbons (Fsp3) is 0.353. The SMILES string of the molecule is CCCC(=O)Nc1cc(-c2ccncc2)c(CCC)[nH]c1=O. The van der Waals surface area contributed by atoms with Crippen molar-refractivity contribution in [1.82, 2.24) is 9.97 Å². The maximum absolute atomic E-state index is 12.2. The molecule has 0 aliphatic rings. The molecular formula is C17H21N3O2. The Morgan fingerprint density at radius 2 is 1.95 bits per heavy atom. The largest absolute Gasteiger partial charge is 0.324 e. The number of carbonyl (C=O) groups is 1. The van der Waals surface area contributed by atoms with E-state index in [0.717, 1.165) is 36.1 Å². The van der Waals surface area contributed by atoms with Crippen LogP contribution in [-0.4, -0.2) is 15.9 Å². The van der Waals surface area contributed by atoms with Gasteiger partial charge >= 0.3 is 0 Å². The Balaban J connectivity index is 2.45. The van der Waals surface area contributed by atoms with Crippen molar-refractivity contribution in [3.8, 4) is 11.1 Å². The van der Waals surface area contributed by atoms with Crippen molar-refractivity contribution in [2.75, 3.05) is 5.32 Å². The van der Waals surface area contributed by atoms with Gasteiger partial charge in [-0.25, -0.2) is 0 Å². The summed E-state index contributed by atoms with van der Waals surface area (Å²) in [5.41, 5.74) is 2.82. The number of H-pyrrole nitrogens is 1. The second-order valence-corrected chi connectivity index (χ2v) is 5.19. The third-order valence-electron chi connectivity index (χ3n) is 3.37. The van der Waals surface area contributed by atoms with Crippen molar-refractivity contribution < 1.29 is 4.79 Å². The van der Waals surface area contributed by atoms with E-state index >= 15 is 0 Å². The average Bonchev–Trinajstić information content (AvgIpc) is 2.51. The maximum atomic E-state index is 12.2. The first kappa shape index (κ1) is 15.9. The number of aromatic nitrogens is 2. The van der Waals surface area contributed by atoms with Gasteiger partial charge in [-0.2, -0.15) is 0 Å². The summed E-state index contributed by atoms with van der Waals surface area (Å²) >= 11 is 0. The van der Waals surface area contributed by atoms with E-state index in [0.29, 0.717) is 12.1 Å². The van der Waals surface area contributed by atoms with Crippen LogP contribution in [0.2, 0.25) is 0 Å². The normalized spacial score (nSPS) is 10.5. The fourth-order valence-corrected chi connectivity index (χ4v) is 2.34. The molecule has 2 rings (SSSR count). The second kappa shape index (κ2) is 7.54. The number of amides is 1. The lowest BCUT2D eigenvalue weighted by molar-refractivity contribution is -0.116. The third-order valence-corrected chi connectivity index (χ3v) is 3.37. The molecule has 1 amide bonds. The van der Waals surface area contributed by atoms with Gasteiger partial charge in [-0.1, -0.05) is 20.3 Å². The molecule has 2 N–H and O–H groups in total. The van der Waals surface area contributed by atoms with Crippen LogP contribution in [0.5, 0.6) is 0 Å². The number of nitrogens with zero attached hydrogens (tertiary/aromatic N) is 1. The molecule has 0 fully saturated rings. The summed E-state index contributed by atoms with van der Waals surface area (Å²) in [7, 11) is 0. The van der Waals surface area contributed by atoms with Crippen LogP contribution in [0.25, 0.3) is 11.1 Å². The summed E-state index contributed by atoms with van der Waals surface area (Å²) in [5, 5.41) is 2.69. The Morgan fingerprint density at radius 1 is 1.23 bits per heavy atom. The van der Waals surface area contributed by atoms with Crippen LogP contribution in [0.15, 0.2) is 35.4 Å². The second-order valence-electron chi connectivity index (χ2n) is 5.19. The molecule has 2 aromatic rings. The van der Waals surface area contributed by atoms with Crippen molar-refractivity contribution in [3.63, 3.8) is 0 Å².